The van der Waals surface area contributed by atoms with Gasteiger partial charge in [0.1, 0.15) is 12.4 Å². The number of rotatable bonds is 3. The number of aromatic nitrogens is 2. The van der Waals surface area contributed by atoms with Gasteiger partial charge in [-0.1, -0.05) is 0 Å². The van der Waals surface area contributed by atoms with Crippen molar-refractivity contribution in [2.24, 2.45) is 5.92 Å². The van der Waals surface area contributed by atoms with E-state index in [0.29, 0.717) is 18.8 Å². The van der Waals surface area contributed by atoms with Gasteiger partial charge in [0, 0.05) is 25.5 Å². The molecule has 0 aromatic carbocycles. The van der Waals surface area contributed by atoms with Crippen molar-refractivity contribution in [1.29, 1.82) is 0 Å². The van der Waals surface area contributed by atoms with E-state index >= 15 is 0 Å². The Morgan fingerprint density at radius 1 is 1.45 bits per heavy atom. The van der Waals surface area contributed by atoms with Crippen LogP contribution in [0.15, 0.2) is 18.6 Å². The van der Waals surface area contributed by atoms with Gasteiger partial charge >= 0.3 is 6.18 Å². The number of carbonyl (C=O) groups is 1. The molecule has 0 radical (unpaired) electrons. The maximum Gasteiger partial charge on any atom is 0.405 e. The smallest absolute Gasteiger partial charge is 0.355 e. The summed E-state index contributed by atoms with van der Waals surface area (Å²) in [4.78, 5) is 21.7. The second kappa shape index (κ2) is 6.06. The molecule has 2 heterocycles. The van der Waals surface area contributed by atoms with Crippen LogP contribution in [0, 0.1) is 5.92 Å². The summed E-state index contributed by atoms with van der Waals surface area (Å²) in [5, 5.41) is 1.94. The van der Waals surface area contributed by atoms with E-state index in [4.69, 9.17) is 0 Å². The van der Waals surface area contributed by atoms with Gasteiger partial charge in [0.25, 0.3) is 0 Å². The number of halogens is 3. The SMILES string of the molecule is O=C(NCC(F)(F)F)[C@H]1CCCN(c2cnccn2)C1. The number of nitrogens with one attached hydrogen (secondary N) is 1. The topological polar surface area (TPSA) is 58.1 Å². The van der Waals surface area contributed by atoms with Crippen molar-refractivity contribution in [3.8, 4) is 0 Å². The van der Waals surface area contributed by atoms with Crippen LogP contribution in [-0.4, -0.2) is 41.7 Å². The van der Waals surface area contributed by atoms with Crippen molar-refractivity contribution < 1.29 is 18.0 Å². The molecule has 1 aromatic rings. The number of carbonyl (C=O) groups excluding carboxylic acids is 1. The highest BCUT2D eigenvalue weighted by Crippen LogP contribution is 2.21. The van der Waals surface area contributed by atoms with E-state index in [1.165, 1.54) is 0 Å². The molecule has 5 nitrogen and oxygen atoms in total. The zero-order valence-corrected chi connectivity index (χ0v) is 10.7. The minimum atomic E-state index is -4.38. The Morgan fingerprint density at radius 2 is 2.25 bits per heavy atom. The maximum atomic E-state index is 12.1. The molecule has 0 bridgehead atoms. The van der Waals surface area contributed by atoms with E-state index in [9.17, 15) is 18.0 Å². The zero-order chi connectivity index (χ0) is 14.6. The Morgan fingerprint density at radius 3 is 2.90 bits per heavy atom. The van der Waals surface area contributed by atoms with Gasteiger partial charge in [-0.3, -0.25) is 9.78 Å². The monoisotopic (exact) mass is 288 g/mol. The van der Waals surface area contributed by atoms with Crippen molar-refractivity contribution in [2.75, 3.05) is 24.5 Å². The summed E-state index contributed by atoms with van der Waals surface area (Å²) >= 11 is 0. The predicted molar refractivity (Wildman–Crippen MR) is 66.0 cm³/mol. The fourth-order valence-electron chi connectivity index (χ4n) is 2.19. The molecule has 0 spiro atoms. The van der Waals surface area contributed by atoms with Gasteiger partial charge in [0.2, 0.25) is 5.91 Å². The van der Waals surface area contributed by atoms with Gasteiger partial charge in [-0.15, -0.1) is 0 Å². The van der Waals surface area contributed by atoms with Crippen molar-refractivity contribution in [3.63, 3.8) is 0 Å². The first-order chi connectivity index (χ1) is 9.46. The summed E-state index contributed by atoms with van der Waals surface area (Å²) in [6, 6.07) is 0. The number of alkyl halides is 3. The number of anilines is 1. The number of nitrogens with zero attached hydrogens (tertiary/aromatic N) is 3. The molecule has 1 amide bonds. The molecule has 1 atom stereocenters. The molecule has 1 aliphatic rings. The molecule has 1 N–H and O–H groups in total. The Kier molecular flexibility index (Phi) is 4.41. The quantitative estimate of drug-likeness (QED) is 0.912. The lowest BCUT2D eigenvalue weighted by molar-refractivity contribution is -0.140. The second-order valence-corrected chi connectivity index (χ2v) is 4.68. The predicted octanol–water partition coefficient (Wildman–Crippen LogP) is 1.37. The fourth-order valence-corrected chi connectivity index (χ4v) is 2.19. The van der Waals surface area contributed by atoms with Gasteiger partial charge in [-0.25, -0.2) is 4.98 Å². The van der Waals surface area contributed by atoms with Crippen LogP contribution in [0.1, 0.15) is 12.8 Å². The lowest BCUT2D eigenvalue weighted by Crippen LogP contribution is -2.45. The molecule has 110 valence electrons. The second-order valence-electron chi connectivity index (χ2n) is 4.68. The van der Waals surface area contributed by atoms with Crippen molar-refractivity contribution in [1.82, 2.24) is 15.3 Å². The van der Waals surface area contributed by atoms with Crippen molar-refractivity contribution >= 4 is 11.7 Å². The minimum Gasteiger partial charge on any atom is -0.355 e. The van der Waals surface area contributed by atoms with E-state index in [2.05, 4.69) is 9.97 Å². The molecule has 0 unspecified atom stereocenters. The van der Waals surface area contributed by atoms with Crippen molar-refractivity contribution in [2.45, 2.75) is 19.0 Å². The van der Waals surface area contributed by atoms with Gasteiger partial charge in [0.05, 0.1) is 12.1 Å². The molecular weight excluding hydrogens is 273 g/mol. The number of hydrogen-bond acceptors (Lipinski definition) is 4. The molecule has 0 saturated carbocycles. The molecule has 8 heteroatoms. The highest BCUT2D eigenvalue weighted by Gasteiger charge is 2.31. The van der Waals surface area contributed by atoms with Crippen LogP contribution >= 0.6 is 0 Å². The average molecular weight is 288 g/mol. The molecule has 1 saturated heterocycles. The summed E-state index contributed by atoms with van der Waals surface area (Å²) in [6.45, 7) is -0.197. The summed E-state index contributed by atoms with van der Waals surface area (Å²) in [6.07, 6.45) is 1.61. The normalized spacial score (nSPS) is 19.8. The van der Waals surface area contributed by atoms with E-state index < -0.39 is 24.5 Å². The van der Waals surface area contributed by atoms with Gasteiger partial charge in [0.15, 0.2) is 0 Å². The molecule has 1 aliphatic heterocycles. The Hall–Kier alpha value is -1.86. The molecule has 1 aromatic heterocycles. The van der Waals surface area contributed by atoms with Crippen LogP contribution in [0.2, 0.25) is 0 Å². The van der Waals surface area contributed by atoms with E-state index in [1.54, 1.807) is 18.6 Å². The molecular formula is C12H15F3N4O. The Bertz CT molecular complexity index is 452. The van der Waals surface area contributed by atoms with Crippen LogP contribution in [0.4, 0.5) is 19.0 Å². The Labute approximate surface area is 114 Å². The lowest BCUT2D eigenvalue weighted by Gasteiger charge is -2.32. The molecule has 0 aliphatic carbocycles. The van der Waals surface area contributed by atoms with Gasteiger partial charge in [-0.2, -0.15) is 13.2 Å². The molecule has 1 fully saturated rings. The first-order valence-corrected chi connectivity index (χ1v) is 6.31. The van der Waals surface area contributed by atoms with Crippen LogP contribution in [-0.2, 0) is 4.79 Å². The average Bonchev–Trinajstić information content (AvgIpc) is 2.45. The summed E-state index contributed by atoms with van der Waals surface area (Å²) in [5.74, 6) is -0.371. The van der Waals surface area contributed by atoms with Gasteiger partial charge in [-0.05, 0) is 12.8 Å². The minimum absolute atomic E-state index is 0.363. The first kappa shape index (κ1) is 14.5. The number of amides is 1. The highest BCUT2D eigenvalue weighted by atomic mass is 19.4. The maximum absolute atomic E-state index is 12.1. The van der Waals surface area contributed by atoms with Crippen LogP contribution in [0.25, 0.3) is 0 Å². The summed E-state index contributed by atoms with van der Waals surface area (Å²) in [7, 11) is 0. The molecule has 20 heavy (non-hydrogen) atoms. The van der Waals surface area contributed by atoms with Crippen LogP contribution < -0.4 is 10.2 Å². The zero-order valence-electron chi connectivity index (χ0n) is 10.7. The standard InChI is InChI=1S/C12H15F3N4O/c13-12(14,15)8-18-11(20)9-2-1-5-19(7-9)10-6-16-3-4-17-10/h3-4,6,9H,1-2,5,7-8H2,(H,18,20)/t9-/m0/s1. The van der Waals surface area contributed by atoms with E-state index in [1.807, 2.05) is 10.2 Å². The largest absolute Gasteiger partial charge is 0.405 e. The van der Waals surface area contributed by atoms with Crippen molar-refractivity contribution in [3.05, 3.63) is 18.6 Å². The molecule has 2 rings (SSSR count). The third kappa shape index (κ3) is 4.07. The highest BCUT2D eigenvalue weighted by molar-refractivity contribution is 5.79. The van der Waals surface area contributed by atoms with E-state index in [-0.39, 0.29) is 0 Å². The lowest BCUT2D eigenvalue weighted by atomic mass is 9.97. The van der Waals surface area contributed by atoms with Crippen LogP contribution in [0.3, 0.4) is 0 Å². The number of hydrogen-bond donors (Lipinski definition) is 1. The summed E-state index contributed by atoms with van der Waals surface area (Å²) < 4.78 is 36.2. The number of piperidine rings is 1. The Balaban J connectivity index is 1.92. The van der Waals surface area contributed by atoms with Crippen LogP contribution in [0.5, 0.6) is 0 Å². The summed E-state index contributed by atoms with van der Waals surface area (Å²) in [5.41, 5.74) is 0. The third-order valence-electron chi connectivity index (χ3n) is 3.13. The van der Waals surface area contributed by atoms with Gasteiger partial charge < -0.3 is 10.2 Å². The van der Waals surface area contributed by atoms with E-state index in [0.717, 1.165) is 13.0 Å². The third-order valence-corrected chi connectivity index (χ3v) is 3.13. The fraction of sp³-hybridized carbons (Fsp3) is 0.583. The first-order valence-electron chi connectivity index (χ1n) is 6.31.